The fraction of sp³-hybridized carbons (Fsp3) is 0.320. The molecule has 8 rings (SSSR count). The summed E-state index contributed by atoms with van der Waals surface area (Å²) in [5.41, 5.74) is -0.629. The number of hydrogen-bond donors (Lipinski definition) is 11. The maximum Gasteiger partial charge on any atom is 0.296 e. The minimum Gasteiger partial charge on any atom is -0.456 e. The lowest BCUT2D eigenvalue weighted by Gasteiger charge is -2.30. The number of aromatic nitrogens is 3. The number of hydrogen-bond acceptors (Lipinski definition) is 21. The molecule has 1 aliphatic heterocycles. The van der Waals surface area contributed by atoms with Crippen molar-refractivity contribution in [1.82, 2.24) is 19.7 Å². The van der Waals surface area contributed by atoms with Crippen LogP contribution in [0.4, 0.5) is 34.9 Å². The van der Waals surface area contributed by atoms with Crippen LogP contribution in [0.1, 0.15) is 59.1 Å². The number of fused-ring (bicyclic) bond motifs is 2. The Morgan fingerprint density at radius 1 is 0.580 bits per heavy atom. The normalized spacial score (nSPS) is 15.8. The zero-order valence-corrected chi connectivity index (χ0v) is 48.2. The smallest absolute Gasteiger partial charge is 0.296 e. The van der Waals surface area contributed by atoms with Crippen LogP contribution in [-0.2, 0) is 50.5 Å². The van der Waals surface area contributed by atoms with Crippen LogP contribution in [0.2, 0.25) is 0 Å². The van der Waals surface area contributed by atoms with E-state index in [1.165, 1.54) is 71.0 Å². The molecule has 0 atom stereocenters. The molecule has 5 aromatic rings. The van der Waals surface area contributed by atoms with Gasteiger partial charge in [0.25, 0.3) is 40.5 Å². The van der Waals surface area contributed by atoms with Crippen molar-refractivity contribution < 1.29 is 74.9 Å². The van der Waals surface area contributed by atoms with Gasteiger partial charge in [-0.05, 0) is 119 Å². The summed E-state index contributed by atoms with van der Waals surface area (Å²) in [5, 5.41) is 29.7. The fourth-order valence-corrected chi connectivity index (χ4v) is 14.9. The van der Waals surface area contributed by atoms with Crippen LogP contribution >= 0.6 is 0 Å². The van der Waals surface area contributed by atoms with E-state index >= 15 is 0 Å². The van der Waals surface area contributed by atoms with E-state index < -0.39 is 92.1 Å². The number of aliphatic hydroxyl groups is 2. The molecule has 3 aliphatic rings. The van der Waals surface area contributed by atoms with Crippen LogP contribution in [0.25, 0.3) is 33.4 Å². The largest absolute Gasteiger partial charge is 0.456 e. The Morgan fingerprint density at radius 2 is 1.12 bits per heavy atom. The molecule has 0 spiro atoms. The summed E-state index contributed by atoms with van der Waals surface area (Å²) in [7, 11) is -25.0. The van der Waals surface area contributed by atoms with E-state index in [1.807, 2.05) is 0 Å². The van der Waals surface area contributed by atoms with Gasteiger partial charge in [0.15, 0.2) is 0 Å². The van der Waals surface area contributed by atoms with Crippen molar-refractivity contribution in [1.29, 1.82) is 0 Å². The molecule has 0 amide bonds. The van der Waals surface area contributed by atoms with Crippen LogP contribution in [0.3, 0.4) is 0 Å². The molecule has 2 aliphatic carbocycles. The lowest BCUT2D eigenvalue weighted by Crippen LogP contribution is -2.40. The molecule has 31 heteroatoms. The molecule has 0 unspecified atom stereocenters. The third-order valence-corrected chi connectivity index (χ3v) is 19.1. The van der Waals surface area contributed by atoms with Gasteiger partial charge in [-0.15, -0.1) is 0 Å². The molecule has 2 heterocycles. The molecule has 0 saturated heterocycles. The number of benzene rings is 5. The third-order valence-electron chi connectivity index (χ3n) is 13.5. The molecule has 26 nitrogen and oxygen atoms in total. The third kappa shape index (κ3) is 13.0. The minimum atomic E-state index is -5.34. The van der Waals surface area contributed by atoms with Gasteiger partial charge < -0.3 is 35.9 Å². The number of sulfonamides is 1. The zero-order valence-electron chi connectivity index (χ0n) is 44.1. The highest BCUT2D eigenvalue weighted by atomic mass is 32.2. The molecule has 0 bridgehead atoms. The zero-order chi connectivity index (χ0) is 59.3. The highest BCUT2D eigenvalue weighted by Gasteiger charge is 2.33. The molecule has 0 radical (unpaired) electrons. The SMILES string of the molecule is Cc1cc(C)c(S(=O)(=O)O)c(C)c1/N=c1\cc2oc3cc(Nc4c(C)cc(C)c(S(=O)(=O)O)c4C)c(S(=O)(=O)O)cc3c(-c3ccccc3S(=O)(=O)NC3CCC(Nc4nc(NCCO)nc(NCCO)n4)CC3)c-2cc1S(=O)(=O)O. The lowest BCUT2D eigenvalue weighted by molar-refractivity contribution is 0.310. The van der Waals surface area contributed by atoms with Gasteiger partial charge in [0, 0.05) is 65.1 Å². The molecule has 1 fully saturated rings. The van der Waals surface area contributed by atoms with Crippen molar-refractivity contribution >= 4 is 96.4 Å². The van der Waals surface area contributed by atoms with Gasteiger partial charge in [0.05, 0.1) is 34.8 Å². The van der Waals surface area contributed by atoms with E-state index in [0.717, 1.165) is 24.3 Å². The number of aliphatic hydroxyl groups excluding tert-OH is 2. The van der Waals surface area contributed by atoms with E-state index in [4.69, 9.17) is 4.42 Å². The number of nitrogens with one attached hydrogen (secondary N) is 5. The molecule has 434 valence electrons. The molecule has 4 aromatic carbocycles. The Balaban J connectivity index is 1.32. The monoisotopic (exact) mass is 1220 g/mol. The van der Waals surface area contributed by atoms with Crippen LogP contribution in [-0.4, -0.2) is 124 Å². The van der Waals surface area contributed by atoms with Crippen molar-refractivity contribution in [2.45, 2.75) is 104 Å². The minimum absolute atomic E-state index is 0.00939. The summed E-state index contributed by atoms with van der Waals surface area (Å²) in [6.07, 6.45) is 1.40. The van der Waals surface area contributed by atoms with Gasteiger partial charge in [0.1, 0.15) is 30.9 Å². The highest BCUT2D eigenvalue weighted by Crippen LogP contribution is 2.46. The maximum absolute atomic E-state index is 14.9. The number of anilines is 5. The summed E-state index contributed by atoms with van der Waals surface area (Å²) in [6, 6.07) is 11.3. The predicted octanol–water partition coefficient (Wildman–Crippen LogP) is 5.71. The summed E-state index contributed by atoms with van der Waals surface area (Å²) in [5.74, 6) is 0.201. The Hall–Kier alpha value is -6.75. The van der Waals surface area contributed by atoms with Crippen molar-refractivity contribution in [2.75, 3.05) is 47.6 Å². The van der Waals surface area contributed by atoms with Gasteiger partial charge in [-0.1, -0.05) is 30.3 Å². The second-order valence-electron chi connectivity index (χ2n) is 19.3. The van der Waals surface area contributed by atoms with Gasteiger partial charge >= 0.3 is 0 Å². The van der Waals surface area contributed by atoms with Crippen LogP contribution in [0.15, 0.2) is 94.6 Å². The second-order valence-corrected chi connectivity index (χ2v) is 26.5. The molecule has 81 heavy (non-hydrogen) atoms. The van der Waals surface area contributed by atoms with Crippen LogP contribution in [0, 0.1) is 41.5 Å². The van der Waals surface area contributed by atoms with Crippen LogP contribution < -0.4 is 31.3 Å². The first kappa shape index (κ1) is 60.3. The van der Waals surface area contributed by atoms with E-state index in [9.17, 15) is 70.5 Å². The van der Waals surface area contributed by atoms with Crippen molar-refractivity contribution in [3.63, 3.8) is 0 Å². The standard InChI is InChI=1S/C50H57N9O17S5/c1-25-19-27(3)46(80(70,71)72)29(5)44(25)54-36-23-38-34(21-41(36)78(64,65)66)43(35-22-42(79(67,68)69)37(24-39(35)76-38)55-45-26(2)20-28(4)47(30(45)6)81(73,74)75)33-9-7-8-10-40(33)77(62,63)59-32-13-11-31(12-14-32)53-50-57-48(51-15-17-60)56-49(58-50)52-16-18-61/h7-10,19-24,31-32,54,59-61H,11-18H2,1-6H3,(H,64,65,66)(H,67,68,69)(H,70,71,72)(H,73,74,75)(H3,51,52,53,56,57,58)/b55-37+. The van der Waals surface area contributed by atoms with Gasteiger partial charge in [0.2, 0.25) is 27.9 Å². The molecule has 1 aromatic heterocycles. The van der Waals surface area contributed by atoms with Crippen LogP contribution in [0.5, 0.6) is 0 Å². The van der Waals surface area contributed by atoms with Crippen molar-refractivity contribution in [3.8, 4) is 22.5 Å². The van der Waals surface area contributed by atoms with Gasteiger partial charge in [-0.2, -0.15) is 48.6 Å². The summed E-state index contributed by atoms with van der Waals surface area (Å²) in [6.45, 7) is 8.51. The maximum atomic E-state index is 14.9. The Bertz CT molecular complexity index is 4280. The van der Waals surface area contributed by atoms with E-state index in [2.05, 4.69) is 45.9 Å². The van der Waals surface area contributed by atoms with Crippen molar-refractivity contribution in [2.24, 2.45) is 4.99 Å². The summed E-state index contributed by atoms with van der Waals surface area (Å²) in [4.78, 5) is 14.3. The highest BCUT2D eigenvalue weighted by molar-refractivity contribution is 7.89. The average Bonchev–Trinajstić information content (AvgIpc) is 3.56. The topological polar surface area (TPSA) is 416 Å². The predicted molar refractivity (Wildman–Crippen MR) is 298 cm³/mol. The summed E-state index contributed by atoms with van der Waals surface area (Å²) < 4.78 is 186. The average molecular weight is 1220 g/mol. The van der Waals surface area contributed by atoms with Gasteiger partial charge in [-0.25, -0.2) is 18.1 Å². The lowest BCUT2D eigenvalue weighted by atomic mass is 9.92. The molecule has 11 N–H and O–H groups in total. The number of aryl methyl sites for hydroxylation is 4. The Morgan fingerprint density at radius 3 is 1.69 bits per heavy atom. The molecular formula is C50H57N9O17S5. The number of nitrogens with zero attached hydrogens (tertiary/aromatic N) is 4. The van der Waals surface area contributed by atoms with Gasteiger partial charge in [-0.3, -0.25) is 18.2 Å². The second kappa shape index (κ2) is 22.9. The first-order valence-electron chi connectivity index (χ1n) is 24.7. The molecular weight excluding hydrogens is 1160 g/mol. The van der Waals surface area contributed by atoms with Crippen molar-refractivity contribution in [3.05, 3.63) is 99.4 Å². The quantitative estimate of drug-likeness (QED) is 0.0341. The fourth-order valence-electron chi connectivity index (χ4n) is 10.2. The first-order valence-corrected chi connectivity index (χ1v) is 31.9. The van der Waals surface area contributed by atoms with E-state index in [1.54, 1.807) is 6.92 Å². The molecule has 1 saturated carbocycles. The Kier molecular flexibility index (Phi) is 17.1. The Labute approximate surface area is 466 Å². The summed E-state index contributed by atoms with van der Waals surface area (Å²) >= 11 is 0. The first-order chi connectivity index (χ1) is 37.8. The van der Waals surface area contributed by atoms with E-state index in [0.29, 0.717) is 36.8 Å². The number of rotatable bonds is 19. The van der Waals surface area contributed by atoms with E-state index in [-0.39, 0.29) is 117 Å².